The molecule has 150 valence electrons. The molecule has 6 rings (SSSR count). The molecule has 2 aromatic carbocycles. The molecule has 0 aromatic heterocycles. The lowest BCUT2D eigenvalue weighted by Crippen LogP contribution is -2.47. The van der Waals surface area contributed by atoms with Crippen molar-refractivity contribution in [3.8, 4) is 0 Å². The molecule has 1 fully saturated rings. The minimum Gasteiger partial charge on any atom is -0.309 e. The number of aryl methyl sites for hydroxylation is 1. The number of piperidine rings is 1. The van der Waals surface area contributed by atoms with Crippen LogP contribution < -0.4 is 4.90 Å². The Balaban J connectivity index is 1.21. The summed E-state index contributed by atoms with van der Waals surface area (Å²) in [5.74, 6) is 1.10. The van der Waals surface area contributed by atoms with Crippen LogP contribution in [0.15, 0.2) is 42.5 Å². The van der Waals surface area contributed by atoms with E-state index in [1.54, 1.807) is 16.7 Å². The Labute approximate surface area is 173 Å². The second-order valence-corrected chi connectivity index (χ2v) is 9.44. The maximum atomic E-state index is 12.7. The van der Waals surface area contributed by atoms with Gasteiger partial charge in [0.05, 0.1) is 6.42 Å². The fourth-order valence-corrected chi connectivity index (χ4v) is 6.64. The Morgan fingerprint density at radius 2 is 1.66 bits per heavy atom. The second-order valence-electron chi connectivity index (χ2n) is 9.44. The topological polar surface area (TPSA) is 23.6 Å². The van der Waals surface area contributed by atoms with Crippen LogP contribution in [0, 0.1) is 0 Å². The lowest BCUT2D eigenvalue weighted by atomic mass is 9.71. The van der Waals surface area contributed by atoms with Gasteiger partial charge in [0, 0.05) is 30.9 Å². The average Bonchev–Trinajstić information content (AvgIpc) is 3.10. The summed E-state index contributed by atoms with van der Waals surface area (Å²) in [6.07, 6.45) is 9.44. The van der Waals surface area contributed by atoms with E-state index in [1.807, 2.05) is 0 Å². The van der Waals surface area contributed by atoms with E-state index in [0.29, 0.717) is 24.4 Å². The van der Waals surface area contributed by atoms with Crippen molar-refractivity contribution in [2.24, 2.45) is 0 Å². The zero-order chi connectivity index (χ0) is 19.4. The van der Waals surface area contributed by atoms with Crippen LogP contribution in [0.2, 0.25) is 0 Å². The third-order valence-corrected chi connectivity index (χ3v) is 7.95. The molecule has 2 aliphatic carbocycles. The van der Waals surface area contributed by atoms with Gasteiger partial charge in [0.2, 0.25) is 5.91 Å². The fraction of sp³-hybridized carbons (Fsp3) is 0.500. The van der Waals surface area contributed by atoms with Gasteiger partial charge in [0.25, 0.3) is 0 Å². The first-order valence-electron chi connectivity index (χ1n) is 11.6. The number of nitrogens with zero attached hydrogens (tertiary/aromatic N) is 2. The van der Waals surface area contributed by atoms with Gasteiger partial charge >= 0.3 is 0 Å². The predicted octanol–water partition coefficient (Wildman–Crippen LogP) is 5.00. The number of anilines is 1. The highest BCUT2D eigenvalue weighted by Crippen LogP contribution is 2.47. The van der Waals surface area contributed by atoms with Crippen molar-refractivity contribution in [3.05, 3.63) is 64.7 Å². The normalized spacial score (nSPS) is 27.0. The van der Waals surface area contributed by atoms with Crippen molar-refractivity contribution in [1.82, 2.24) is 4.90 Å². The Bertz CT molecular complexity index is 943. The highest BCUT2D eigenvalue weighted by molar-refractivity contribution is 6.01. The van der Waals surface area contributed by atoms with Crippen LogP contribution in [0.4, 0.5) is 5.69 Å². The molecule has 2 atom stereocenters. The van der Waals surface area contributed by atoms with Crippen molar-refractivity contribution in [3.63, 3.8) is 0 Å². The van der Waals surface area contributed by atoms with Crippen molar-refractivity contribution in [2.75, 3.05) is 18.0 Å². The number of rotatable bonds is 2. The number of carbonyl (C=O) groups is 1. The molecule has 0 saturated carbocycles. The van der Waals surface area contributed by atoms with E-state index >= 15 is 0 Å². The largest absolute Gasteiger partial charge is 0.309 e. The summed E-state index contributed by atoms with van der Waals surface area (Å²) in [7, 11) is 0. The number of hydrogen-bond acceptors (Lipinski definition) is 2. The molecule has 2 heterocycles. The van der Waals surface area contributed by atoms with Crippen molar-refractivity contribution in [1.29, 1.82) is 0 Å². The van der Waals surface area contributed by atoms with Gasteiger partial charge in [-0.05, 0) is 79.2 Å². The molecule has 0 spiro atoms. The van der Waals surface area contributed by atoms with Crippen LogP contribution in [0.25, 0.3) is 0 Å². The summed E-state index contributed by atoms with van der Waals surface area (Å²) in [5, 5.41) is 0. The van der Waals surface area contributed by atoms with Crippen LogP contribution in [-0.4, -0.2) is 29.9 Å². The van der Waals surface area contributed by atoms with Gasteiger partial charge < -0.3 is 4.90 Å². The van der Waals surface area contributed by atoms with Gasteiger partial charge in [-0.2, -0.15) is 0 Å². The fourth-order valence-electron chi connectivity index (χ4n) is 6.64. The highest BCUT2D eigenvalue weighted by Gasteiger charge is 2.38. The van der Waals surface area contributed by atoms with Gasteiger partial charge in [-0.3, -0.25) is 9.69 Å². The number of para-hydroxylation sites is 1. The van der Waals surface area contributed by atoms with Crippen LogP contribution in [-0.2, 0) is 17.6 Å². The van der Waals surface area contributed by atoms with Gasteiger partial charge in [-0.25, -0.2) is 0 Å². The first-order chi connectivity index (χ1) is 14.3. The number of carbonyl (C=O) groups excluding carboxylic acids is 1. The Hall–Kier alpha value is -2.13. The molecule has 2 aliphatic heterocycles. The molecule has 4 aliphatic rings. The maximum Gasteiger partial charge on any atom is 0.231 e. The van der Waals surface area contributed by atoms with Crippen LogP contribution in [0.3, 0.4) is 0 Å². The Morgan fingerprint density at radius 3 is 2.55 bits per heavy atom. The van der Waals surface area contributed by atoms with Crippen LogP contribution >= 0.6 is 0 Å². The van der Waals surface area contributed by atoms with E-state index in [0.717, 1.165) is 37.5 Å². The zero-order valence-electron chi connectivity index (χ0n) is 17.1. The van der Waals surface area contributed by atoms with Gasteiger partial charge in [0.1, 0.15) is 0 Å². The Kier molecular flexibility index (Phi) is 4.26. The van der Waals surface area contributed by atoms with Gasteiger partial charge in [0.15, 0.2) is 0 Å². The quantitative estimate of drug-likeness (QED) is 0.725. The first-order valence-corrected chi connectivity index (χ1v) is 11.6. The van der Waals surface area contributed by atoms with E-state index in [1.165, 1.54) is 37.7 Å². The van der Waals surface area contributed by atoms with Crippen LogP contribution in [0.5, 0.6) is 0 Å². The lowest BCUT2D eigenvalue weighted by molar-refractivity contribution is -0.118. The molecule has 0 bridgehead atoms. The van der Waals surface area contributed by atoms with Crippen molar-refractivity contribution < 1.29 is 4.79 Å². The molecular weight excluding hydrogens is 356 g/mol. The van der Waals surface area contributed by atoms with E-state index in [2.05, 4.69) is 52.3 Å². The standard InChI is InChI=1S/C26H30N2O/c29-25-17-20-5-1-2-10-23(20)28(25)21-13-15-27(16-14-21)24-12-11-19-7-3-6-18-8-4-9-22(24)26(18)19/h1-2,4-5,8-10,19,21,24H,3,6-7,11-17H2/t19-,24+/m0/s1. The smallest absolute Gasteiger partial charge is 0.231 e. The molecule has 0 unspecified atom stereocenters. The molecule has 29 heavy (non-hydrogen) atoms. The van der Waals surface area contributed by atoms with Crippen molar-refractivity contribution in [2.45, 2.75) is 69.4 Å². The minimum atomic E-state index is 0.294. The number of likely N-dealkylation sites (tertiary alicyclic amines) is 1. The van der Waals surface area contributed by atoms with E-state index in [4.69, 9.17) is 0 Å². The summed E-state index contributed by atoms with van der Waals surface area (Å²) in [4.78, 5) is 17.5. The summed E-state index contributed by atoms with van der Waals surface area (Å²) in [6, 6.07) is 16.4. The lowest BCUT2D eigenvalue weighted by Gasteiger charge is -2.44. The maximum absolute atomic E-state index is 12.7. The number of benzene rings is 2. The summed E-state index contributed by atoms with van der Waals surface area (Å²) in [5.41, 5.74) is 7.32. The van der Waals surface area contributed by atoms with E-state index < -0.39 is 0 Å². The second kappa shape index (κ2) is 6.98. The summed E-state index contributed by atoms with van der Waals surface area (Å²) in [6.45, 7) is 2.21. The van der Waals surface area contributed by atoms with Gasteiger partial charge in [-0.1, -0.05) is 36.4 Å². The summed E-state index contributed by atoms with van der Waals surface area (Å²) < 4.78 is 0. The highest BCUT2D eigenvalue weighted by atomic mass is 16.2. The molecule has 0 radical (unpaired) electrons. The molecule has 1 saturated heterocycles. The number of amides is 1. The van der Waals surface area contributed by atoms with E-state index in [-0.39, 0.29) is 0 Å². The molecule has 3 nitrogen and oxygen atoms in total. The third kappa shape index (κ3) is 2.85. The monoisotopic (exact) mass is 386 g/mol. The molecule has 3 heteroatoms. The minimum absolute atomic E-state index is 0.294. The van der Waals surface area contributed by atoms with Crippen LogP contribution in [0.1, 0.15) is 72.7 Å². The van der Waals surface area contributed by atoms with Gasteiger partial charge in [-0.15, -0.1) is 0 Å². The summed E-state index contributed by atoms with van der Waals surface area (Å²) >= 11 is 0. The SMILES string of the molecule is O=C1Cc2ccccc2N1C1CCN([C@@H]2CC[C@@H]3CCCc4cccc2c43)CC1. The number of fused-ring (bicyclic) bond motifs is 1. The molecule has 2 aromatic rings. The van der Waals surface area contributed by atoms with Crippen molar-refractivity contribution >= 4 is 11.6 Å². The van der Waals surface area contributed by atoms with E-state index in [9.17, 15) is 4.79 Å². The molecular formula is C26H30N2O. The Morgan fingerprint density at radius 1 is 0.828 bits per heavy atom. The average molecular weight is 387 g/mol. The first kappa shape index (κ1) is 17.7. The molecule has 0 N–H and O–H groups in total. The molecule has 1 amide bonds. The third-order valence-electron chi connectivity index (χ3n) is 7.95. The predicted molar refractivity (Wildman–Crippen MR) is 116 cm³/mol. The number of hydrogen-bond donors (Lipinski definition) is 0. The zero-order valence-corrected chi connectivity index (χ0v) is 17.1.